The number of aromatic hydroxyl groups is 1. The van der Waals surface area contributed by atoms with Crippen LogP contribution in [0.2, 0.25) is 0 Å². The van der Waals surface area contributed by atoms with Crippen molar-refractivity contribution >= 4 is 5.95 Å². The number of phenols is 1. The summed E-state index contributed by atoms with van der Waals surface area (Å²) in [6.45, 7) is 0. The second-order valence-corrected chi connectivity index (χ2v) is 2.97. The van der Waals surface area contributed by atoms with E-state index in [1.54, 1.807) is 12.1 Å². The zero-order chi connectivity index (χ0) is 10.8. The smallest absolute Gasteiger partial charge is 0.220 e. The Morgan fingerprint density at radius 1 is 1.27 bits per heavy atom. The van der Waals surface area contributed by atoms with Crippen LogP contribution in [0.5, 0.6) is 5.75 Å². The molecule has 1 aromatic heterocycles. The second-order valence-electron chi connectivity index (χ2n) is 2.97. The lowest BCUT2D eigenvalue weighted by Crippen LogP contribution is -1.95. The van der Waals surface area contributed by atoms with Crippen molar-refractivity contribution in [3.8, 4) is 17.0 Å². The molecule has 0 saturated heterocycles. The van der Waals surface area contributed by atoms with Crippen molar-refractivity contribution in [2.75, 3.05) is 5.73 Å². The predicted octanol–water partition coefficient (Wildman–Crippen LogP) is 1.57. The van der Waals surface area contributed by atoms with E-state index >= 15 is 0 Å². The standard InChI is InChI=1S/C10H8FN3O/c11-7-5-6(1-2-9(7)15)8-3-4-13-10(12)14-8/h1-5,15H,(H2,12,13,14). The van der Waals surface area contributed by atoms with Gasteiger partial charge in [-0.05, 0) is 24.3 Å². The van der Waals surface area contributed by atoms with Crippen LogP contribution in [0.15, 0.2) is 30.5 Å². The molecule has 3 N–H and O–H groups in total. The molecule has 5 heteroatoms. The number of nitrogens with two attached hydrogens (primary N) is 1. The monoisotopic (exact) mass is 205 g/mol. The van der Waals surface area contributed by atoms with Gasteiger partial charge in [0.05, 0.1) is 5.69 Å². The number of hydrogen-bond acceptors (Lipinski definition) is 4. The van der Waals surface area contributed by atoms with Gasteiger partial charge in [0.1, 0.15) is 0 Å². The van der Waals surface area contributed by atoms with Crippen molar-refractivity contribution in [3.05, 3.63) is 36.3 Å². The summed E-state index contributed by atoms with van der Waals surface area (Å²) >= 11 is 0. The lowest BCUT2D eigenvalue weighted by molar-refractivity contribution is 0.432. The van der Waals surface area contributed by atoms with Gasteiger partial charge in [-0.15, -0.1) is 0 Å². The Labute approximate surface area is 85.2 Å². The number of phenolic OH excluding ortho intramolecular Hbond substituents is 1. The molecule has 0 spiro atoms. The molecule has 15 heavy (non-hydrogen) atoms. The van der Waals surface area contributed by atoms with Crippen molar-refractivity contribution in [2.24, 2.45) is 0 Å². The summed E-state index contributed by atoms with van der Waals surface area (Å²) in [6, 6.07) is 5.63. The highest BCUT2D eigenvalue weighted by Crippen LogP contribution is 2.23. The minimum Gasteiger partial charge on any atom is -0.505 e. The van der Waals surface area contributed by atoms with E-state index in [4.69, 9.17) is 10.8 Å². The number of nitrogens with zero attached hydrogens (tertiary/aromatic N) is 2. The number of aromatic nitrogens is 2. The molecule has 2 rings (SSSR count). The van der Waals surface area contributed by atoms with Crippen LogP contribution in [0.4, 0.5) is 10.3 Å². The van der Waals surface area contributed by atoms with Gasteiger partial charge in [-0.2, -0.15) is 0 Å². The third kappa shape index (κ3) is 1.85. The van der Waals surface area contributed by atoms with Crippen LogP contribution in [0.25, 0.3) is 11.3 Å². The van der Waals surface area contributed by atoms with Gasteiger partial charge < -0.3 is 10.8 Å². The second kappa shape index (κ2) is 3.53. The van der Waals surface area contributed by atoms with Gasteiger partial charge >= 0.3 is 0 Å². The van der Waals surface area contributed by atoms with Crippen molar-refractivity contribution in [1.82, 2.24) is 9.97 Å². The largest absolute Gasteiger partial charge is 0.505 e. The minimum atomic E-state index is -0.690. The molecule has 1 heterocycles. The Morgan fingerprint density at radius 3 is 2.73 bits per heavy atom. The van der Waals surface area contributed by atoms with Crippen LogP contribution >= 0.6 is 0 Å². The molecule has 0 saturated carbocycles. The molecule has 0 unspecified atom stereocenters. The fraction of sp³-hybridized carbons (Fsp3) is 0. The van der Waals surface area contributed by atoms with E-state index in [0.29, 0.717) is 11.3 Å². The SMILES string of the molecule is Nc1nccc(-c2ccc(O)c(F)c2)n1. The molecule has 0 aliphatic rings. The molecule has 0 amide bonds. The van der Waals surface area contributed by atoms with Crippen molar-refractivity contribution in [1.29, 1.82) is 0 Å². The number of rotatable bonds is 1. The number of benzene rings is 1. The van der Waals surface area contributed by atoms with E-state index < -0.39 is 5.82 Å². The lowest BCUT2D eigenvalue weighted by Gasteiger charge is -2.02. The molecule has 0 aliphatic carbocycles. The summed E-state index contributed by atoms with van der Waals surface area (Å²) in [6.07, 6.45) is 1.49. The third-order valence-corrected chi connectivity index (χ3v) is 1.92. The van der Waals surface area contributed by atoms with Crippen molar-refractivity contribution in [3.63, 3.8) is 0 Å². The van der Waals surface area contributed by atoms with E-state index in [1.165, 1.54) is 18.3 Å². The highest BCUT2D eigenvalue weighted by molar-refractivity contribution is 5.60. The summed E-state index contributed by atoms with van der Waals surface area (Å²) in [5.41, 5.74) is 6.45. The Hall–Kier alpha value is -2.17. The molecule has 0 aliphatic heterocycles. The molecule has 1 aromatic carbocycles. The first-order valence-electron chi connectivity index (χ1n) is 4.24. The first-order chi connectivity index (χ1) is 7.16. The highest BCUT2D eigenvalue weighted by Gasteiger charge is 2.05. The Morgan fingerprint density at radius 2 is 2.07 bits per heavy atom. The maximum absolute atomic E-state index is 13.0. The van der Waals surface area contributed by atoms with Crippen LogP contribution < -0.4 is 5.73 Å². The fourth-order valence-electron chi connectivity index (χ4n) is 1.20. The van der Waals surface area contributed by atoms with Crippen LogP contribution in [-0.4, -0.2) is 15.1 Å². The van der Waals surface area contributed by atoms with Gasteiger partial charge in [-0.1, -0.05) is 0 Å². The normalized spacial score (nSPS) is 10.2. The molecule has 4 nitrogen and oxygen atoms in total. The molecular formula is C10H8FN3O. The average Bonchev–Trinajstić information content (AvgIpc) is 2.22. The van der Waals surface area contributed by atoms with E-state index in [0.717, 1.165) is 0 Å². The van der Waals surface area contributed by atoms with Crippen LogP contribution in [0, 0.1) is 5.82 Å². The molecule has 0 atom stereocenters. The van der Waals surface area contributed by atoms with Gasteiger partial charge in [-0.3, -0.25) is 0 Å². The van der Waals surface area contributed by atoms with E-state index in [1.807, 2.05) is 0 Å². The number of hydrogen-bond donors (Lipinski definition) is 2. The molecule has 0 radical (unpaired) electrons. The summed E-state index contributed by atoms with van der Waals surface area (Å²) in [5.74, 6) is -0.952. The average molecular weight is 205 g/mol. The quantitative estimate of drug-likeness (QED) is 0.741. The number of halogens is 1. The molecule has 0 fully saturated rings. The van der Waals surface area contributed by atoms with Gasteiger partial charge in [0.2, 0.25) is 5.95 Å². The summed E-state index contributed by atoms with van der Waals surface area (Å²) in [5, 5.41) is 9.01. The zero-order valence-electron chi connectivity index (χ0n) is 7.68. The summed E-state index contributed by atoms with van der Waals surface area (Å²) in [7, 11) is 0. The Bertz CT molecular complexity index is 502. The van der Waals surface area contributed by atoms with Crippen LogP contribution in [-0.2, 0) is 0 Å². The van der Waals surface area contributed by atoms with Crippen molar-refractivity contribution in [2.45, 2.75) is 0 Å². The van der Waals surface area contributed by atoms with Gasteiger partial charge in [0.25, 0.3) is 0 Å². The molecule has 0 bridgehead atoms. The Balaban J connectivity index is 2.50. The van der Waals surface area contributed by atoms with Gasteiger partial charge in [-0.25, -0.2) is 14.4 Å². The van der Waals surface area contributed by atoms with Crippen LogP contribution in [0.3, 0.4) is 0 Å². The molecule has 76 valence electrons. The summed E-state index contributed by atoms with van der Waals surface area (Å²) < 4.78 is 13.0. The number of nitrogen functional groups attached to an aromatic ring is 1. The summed E-state index contributed by atoms with van der Waals surface area (Å²) in [4.78, 5) is 7.66. The first-order valence-corrected chi connectivity index (χ1v) is 4.24. The highest BCUT2D eigenvalue weighted by atomic mass is 19.1. The van der Waals surface area contributed by atoms with Crippen molar-refractivity contribution < 1.29 is 9.50 Å². The topological polar surface area (TPSA) is 72.0 Å². The maximum atomic E-state index is 13.0. The van der Waals surface area contributed by atoms with Gasteiger partial charge in [0.15, 0.2) is 11.6 Å². The first kappa shape index (κ1) is 9.39. The predicted molar refractivity (Wildman–Crippen MR) is 53.5 cm³/mol. The lowest BCUT2D eigenvalue weighted by atomic mass is 10.1. The Kier molecular flexibility index (Phi) is 2.21. The number of anilines is 1. The van der Waals surface area contributed by atoms with E-state index in [9.17, 15) is 4.39 Å². The maximum Gasteiger partial charge on any atom is 0.220 e. The molecule has 2 aromatic rings. The van der Waals surface area contributed by atoms with E-state index in [-0.39, 0.29) is 11.7 Å². The van der Waals surface area contributed by atoms with Gasteiger partial charge in [0, 0.05) is 11.8 Å². The fourth-order valence-corrected chi connectivity index (χ4v) is 1.20. The molecular weight excluding hydrogens is 197 g/mol. The third-order valence-electron chi connectivity index (χ3n) is 1.92. The van der Waals surface area contributed by atoms with E-state index in [2.05, 4.69) is 9.97 Å². The van der Waals surface area contributed by atoms with Crippen LogP contribution in [0.1, 0.15) is 0 Å². The minimum absolute atomic E-state index is 0.126. The zero-order valence-corrected chi connectivity index (χ0v) is 7.68.